The van der Waals surface area contributed by atoms with Gasteiger partial charge in [-0.3, -0.25) is 0 Å². The third-order valence-electron chi connectivity index (χ3n) is 2.58. The molecule has 84 valence electrons. The molecule has 2 rings (SSSR count). The van der Waals surface area contributed by atoms with Gasteiger partial charge in [0.2, 0.25) is 0 Å². The highest BCUT2D eigenvalue weighted by Gasteiger charge is 2.14. The van der Waals surface area contributed by atoms with E-state index in [1.54, 1.807) is 0 Å². The van der Waals surface area contributed by atoms with E-state index in [2.05, 4.69) is 49.8 Å². The lowest BCUT2D eigenvalue weighted by atomic mass is 10.00. The molecule has 1 aromatic carbocycles. The third kappa shape index (κ3) is 2.51. The molecule has 1 heterocycles. The van der Waals surface area contributed by atoms with E-state index >= 15 is 0 Å². The second kappa shape index (κ2) is 4.52. The fraction of sp³-hybridized carbons (Fsp3) is 0.357. The van der Waals surface area contributed by atoms with Crippen LogP contribution in [0.4, 0.5) is 0 Å². The first-order valence-electron chi connectivity index (χ1n) is 5.66. The van der Waals surface area contributed by atoms with Crippen LogP contribution in [0.25, 0.3) is 0 Å². The molecule has 0 spiro atoms. The zero-order valence-electron chi connectivity index (χ0n) is 9.86. The molecule has 1 aromatic rings. The predicted octanol–water partition coefficient (Wildman–Crippen LogP) is 3.52. The Bertz CT molecular complexity index is 415. The molecule has 1 aliphatic heterocycles. The van der Waals surface area contributed by atoms with Gasteiger partial charge in [0.25, 0.3) is 0 Å². The van der Waals surface area contributed by atoms with Crippen LogP contribution in [0.5, 0.6) is 0 Å². The van der Waals surface area contributed by atoms with Crippen molar-refractivity contribution < 1.29 is 4.84 Å². The number of nitrogens with zero attached hydrogens (tertiary/aromatic N) is 1. The molecular weight excluding hydrogens is 198 g/mol. The molecule has 0 atom stereocenters. The molecule has 0 N–H and O–H groups in total. The van der Waals surface area contributed by atoms with Crippen LogP contribution in [0.3, 0.4) is 0 Å². The monoisotopic (exact) mass is 215 g/mol. The highest BCUT2D eigenvalue weighted by Crippen LogP contribution is 2.18. The van der Waals surface area contributed by atoms with Crippen LogP contribution in [0, 0.1) is 5.92 Å². The number of hydrogen-bond acceptors (Lipinski definition) is 2. The topological polar surface area (TPSA) is 21.6 Å². The van der Waals surface area contributed by atoms with Crippen LogP contribution >= 0.6 is 0 Å². The zero-order valence-corrected chi connectivity index (χ0v) is 9.86. The third-order valence-corrected chi connectivity index (χ3v) is 2.58. The van der Waals surface area contributed by atoms with E-state index in [1.807, 2.05) is 0 Å². The van der Waals surface area contributed by atoms with Gasteiger partial charge in [0.05, 0.1) is 12.1 Å². The van der Waals surface area contributed by atoms with Gasteiger partial charge < -0.3 is 4.84 Å². The summed E-state index contributed by atoms with van der Waals surface area (Å²) in [6.45, 7) is 8.21. The highest BCUT2D eigenvalue weighted by molar-refractivity contribution is 6.02. The van der Waals surface area contributed by atoms with Gasteiger partial charge >= 0.3 is 0 Å². The van der Waals surface area contributed by atoms with Crippen LogP contribution in [0.2, 0.25) is 0 Å². The van der Waals surface area contributed by atoms with Crippen molar-refractivity contribution in [2.24, 2.45) is 11.1 Å². The van der Waals surface area contributed by atoms with Crippen LogP contribution in [0.15, 0.2) is 41.8 Å². The Balaban J connectivity index is 2.10. The minimum atomic E-state index is 0.692. The molecule has 0 aliphatic carbocycles. The van der Waals surface area contributed by atoms with Gasteiger partial charge in [-0.25, -0.2) is 0 Å². The Morgan fingerprint density at radius 2 is 2.00 bits per heavy atom. The highest BCUT2D eigenvalue weighted by atomic mass is 16.6. The van der Waals surface area contributed by atoms with Crippen molar-refractivity contribution in [1.82, 2.24) is 0 Å². The molecule has 0 saturated heterocycles. The Morgan fingerprint density at radius 3 is 2.50 bits per heavy atom. The average Bonchev–Trinajstić information content (AvgIpc) is 2.65. The summed E-state index contributed by atoms with van der Waals surface area (Å²) >= 11 is 0. The first-order valence-corrected chi connectivity index (χ1v) is 5.66. The normalized spacial score (nSPS) is 15.2. The Labute approximate surface area is 96.6 Å². The zero-order chi connectivity index (χ0) is 11.5. The van der Waals surface area contributed by atoms with Gasteiger partial charge in [0, 0.05) is 0 Å². The molecule has 0 saturated carbocycles. The molecule has 16 heavy (non-hydrogen) atoms. The molecule has 0 fully saturated rings. The smallest absolute Gasteiger partial charge is 0.134 e. The average molecular weight is 215 g/mol. The summed E-state index contributed by atoms with van der Waals surface area (Å²) in [6, 6.07) is 8.55. The van der Waals surface area contributed by atoms with E-state index in [-0.39, 0.29) is 0 Å². The van der Waals surface area contributed by atoms with Gasteiger partial charge in [0.15, 0.2) is 0 Å². The second-order valence-electron chi connectivity index (χ2n) is 4.64. The molecule has 0 amide bonds. The standard InChI is InChI=1S/C14H17NO/c1-10(2)8-12-4-6-13(7-5-12)14-9-11(3)16-15-14/h4-7,10H,3,8-9H2,1-2H3. The first-order chi connectivity index (χ1) is 7.65. The SMILES string of the molecule is C=C1CC(c2ccc(CC(C)C)cc2)=NO1. The molecule has 0 unspecified atom stereocenters. The van der Waals surface area contributed by atoms with Crippen LogP contribution < -0.4 is 0 Å². The number of benzene rings is 1. The minimum Gasteiger partial charge on any atom is -0.361 e. The number of allylic oxidation sites excluding steroid dienone is 1. The van der Waals surface area contributed by atoms with E-state index < -0.39 is 0 Å². The van der Waals surface area contributed by atoms with Crippen LogP contribution in [-0.2, 0) is 11.3 Å². The Kier molecular flexibility index (Phi) is 3.09. The summed E-state index contributed by atoms with van der Waals surface area (Å²) in [7, 11) is 0. The summed E-state index contributed by atoms with van der Waals surface area (Å²) in [5.41, 5.74) is 3.48. The largest absolute Gasteiger partial charge is 0.361 e. The predicted molar refractivity (Wildman–Crippen MR) is 66.4 cm³/mol. The lowest BCUT2D eigenvalue weighted by molar-refractivity contribution is 0.246. The van der Waals surface area contributed by atoms with Crippen molar-refractivity contribution in [3.8, 4) is 0 Å². The molecule has 0 aromatic heterocycles. The van der Waals surface area contributed by atoms with Crippen molar-refractivity contribution in [2.45, 2.75) is 26.7 Å². The Hall–Kier alpha value is -1.57. The molecule has 0 radical (unpaired) electrons. The number of oxime groups is 1. The summed E-state index contributed by atoms with van der Waals surface area (Å²) in [4.78, 5) is 5.01. The van der Waals surface area contributed by atoms with E-state index in [9.17, 15) is 0 Å². The fourth-order valence-corrected chi connectivity index (χ4v) is 1.83. The lowest BCUT2D eigenvalue weighted by Crippen LogP contribution is -1.98. The Morgan fingerprint density at radius 1 is 1.31 bits per heavy atom. The van der Waals surface area contributed by atoms with Crippen molar-refractivity contribution in [1.29, 1.82) is 0 Å². The molecule has 2 nitrogen and oxygen atoms in total. The van der Waals surface area contributed by atoms with Crippen molar-refractivity contribution in [2.75, 3.05) is 0 Å². The molecule has 2 heteroatoms. The fourth-order valence-electron chi connectivity index (χ4n) is 1.83. The minimum absolute atomic E-state index is 0.692. The molecule has 1 aliphatic rings. The van der Waals surface area contributed by atoms with E-state index in [0.717, 1.165) is 29.9 Å². The summed E-state index contributed by atoms with van der Waals surface area (Å²) in [6.07, 6.45) is 1.85. The maximum absolute atomic E-state index is 5.01. The first kappa shape index (κ1) is 10.9. The van der Waals surface area contributed by atoms with Gasteiger partial charge in [-0.2, -0.15) is 0 Å². The molecular formula is C14H17NO. The van der Waals surface area contributed by atoms with Crippen molar-refractivity contribution in [3.63, 3.8) is 0 Å². The maximum atomic E-state index is 5.01. The van der Waals surface area contributed by atoms with E-state index in [0.29, 0.717) is 5.92 Å². The van der Waals surface area contributed by atoms with E-state index in [4.69, 9.17) is 4.84 Å². The quantitative estimate of drug-likeness (QED) is 0.756. The second-order valence-corrected chi connectivity index (χ2v) is 4.64. The summed E-state index contributed by atoms with van der Waals surface area (Å²) in [5, 5.41) is 3.99. The summed E-state index contributed by atoms with van der Waals surface area (Å²) < 4.78 is 0. The number of hydrogen-bond donors (Lipinski definition) is 0. The van der Waals surface area contributed by atoms with Gasteiger partial charge in [-0.15, -0.1) is 0 Å². The van der Waals surface area contributed by atoms with Crippen molar-refractivity contribution >= 4 is 5.71 Å². The van der Waals surface area contributed by atoms with E-state index in [1.165, 1.54) is 5.56 Å². The summed E-state index contributed by atoms with van der Waals surface area (Å²) in [5.74, 6) is 1.42. The van der Waals surface area contributed by atoms with Gasteiger partial charge in [0.1, 0.15) is 5.76 Å². The van der Waals surface area contributed by atoms with Crippen molar-refractivity contribution in [3.05, 3.63) is 47.7 Å². The maximum Gasteiger partial charge on any atom is 0.134 e. The van der Waals surface area contributed by atoms with Crippen LogP contribution in [-0.4, -0.2) is 5.71 Å². The molecule has 0 bridgehead atoms. The van der Waals surface area contributed by atoms with Crippen LogP contribution in [0.1, 0.15) is 31.4 Å². The van der Waals surface area contributed by atoms with Gasteiger partial charge in [-0.1, -0.05) is 49.8 Å². The lowest BCUT2D eigenvalue weighted by Gasteiger charge is -2.05. The van der Waals surface area contributed by atoms with Gasteiger partial charge in [-0.05, 0) is 23.5 Å². The number of rotatable bonds is 3.